The molecule has 3 aromatic rings. The Balaban J connectivity index is 1.81. The van der Waals surface area contributed by atoms with Gasteiger partial charge in [0, 0.05) is 11.4 Å². The molecule has 0 radical (unpaired) electrons. The summed E-state index contributed by atoms with van der Waals surface area (Å²) < 4.78 is 6.93. The summed E-state index contributed by atoms with van der Waals surface area (Å²) in [5, 5.41) is 5.15. The van der Waals surface area contributed by atoms with Crippen molar-refractivity contribution in [3.05, 3.63) is 43.0 Å². The molecule has 0 amide bonds. The Hall–Kier alpha value is -2.19. The van der Waals surface area contributed by atoms with Crippen LogP contribution in [0.3, 0.4) is 0 Å². The van der Waals surface area contributed by atoms with Gasteiger partial charge in [-0.3, -0.25) is 9.48 Å². The molecule has 1 N–H and O–H groups in total. The SMILES string of the molecule is Cc1nn(CC(C)C)c(Cl)c1C(=O)OCc1nc2sc(C)c(C)c2c(=O)[nH]1. The summed E-state index contributed by atoms with van der Waals surface area (Å²) in [6.07, 6.45) is 0. The van der Waals surface area contributed by atoms with Gasteiger partial charge in [-0.1, -0.05) is 25.4 Å². The maximum absolute atomic E-state index is 12.5. The number of fused-ring (bicyclic) bond motifs is 1. The van der Waals surface area contributed by atoms with Crippen molar-refractivity contribution in [1.29, 1.82) is 0 Å². The van der Waals surface area contributed by atoms with Crippen LogP contribution in [-0.4, -0.2) is 25.7 Å². The molecule has 0 saturated heterocycles. The van der Waals surface area contributed by atoms with Gasteiger partial charge in [-0.25, -0.2) is 9.78 Å². The molecule has 3 rings (SSSR count). The molecule has 0 aliphatic carbocycles. The number of nitrogens with one attached hydrogen (secondary N) is 1. The zero-order valence-corrected chi connectivity index (χ0v) is 17.4. The van der Waals surface area contributed by atoms with Crippen molar-refractivity contribution in [1.82, 2.24) is 19.7 Å². The predicted octanol–water partition coefficient (Wildman–Crippen LogP) is 3.77. The van der Waals surface area contributed by atoms with Gasteiger partial charge in [0.15, 0.2) is 0 Å². The van der Waals surface area contributed by atoms with Crippen LogP contribution in [0.1, 0.15) is 46.2 Å². The summed E-state index contributed by atoms with van der Waals surface area (Å²) in [5.74, 6) is 0.0450. The zero-order valence-electron chi connectivity index (χ0n) is 15.8. The molecule has 7 nitrogen and oxygen atoms in total. The van der Waals surface area contributed by atoms with Gasteiger partial charge in [0.05, 0.1) is 11.1 Å². The number of carbonyl (C=O) groups excluding carboxylic acids is 1. The zero-order chi connectivity index (χ0) is 19.9. The highest BCUT2D eigenvalue weighted by atomic mass is 35.5. The largest absolute Gasteiger partial charge is 0.454 e. The lowest BCUT2D eigenvalue weighted by atomic mass is 10.2. The van der Waals surface area contributed by atoms with E-state index in [9.17, 15) is 9.59 Å². The van der Waals surface area contributed by atoms with Crippen molar-refractivity contribution in [2.75, 3.05) is 0 Å². The second-order valence-electron chi connectivity index (χ2n) is 6.88. The summed E-state index contributed by atoms with van der Waals surface area (Å²) in [7, 11) is 0. The molecule has 0 aliphatic heterocycles. The van der Waals surface area contributed by atoms with E-state index in [2.05, 4.69) is 15.1 Å². The highest BCUT2D eigenvalue weighted by Gasteiger charge is 2.22. The lowest BCUT2D eigenvalue weighted by molar-refractivity contribution is 0.0461. The Labute approximate surface area is 165 Å². The van der Waals surface area contributed by atoms with E-state index in [0.29, 0.717) is 34.2 Å². The Morgan fingerprint density at radius 2 is 2.04 bits per heavy atom. The van der Waals surface area contributed by atoms with Crippen LogP contribution in [-0.2, 0) is 17.9 Å². The van der Waals surface area contributed by atoms with Gasteiger partial charge < -0.3 is 9.72 Å². The fourth-order valence-electron chi connectivity index (χ4n) is 2.83. The lowest BCUT2D eigenvalue weighted by Crippen LogP contribution is -2.14. The van der Waals surface area contributed by atoms with Crippen molar-refractivity contribution >= 4 is 39.1 Å². The van der Waals surface area contributed by atoms with Crippen LogP contribution in [0.4, 0.5) is 0 Å². The molecule has 0 spiro atoms. The molecular formula is C18H21ClN4O3S. The van der Waals surface area contributed by atoms with Gasteiger partial charge in [0.2, 0.25) is 0 Å². The van der Waals surface area contributed by atoms with Crippen molar-refractivity contribution < 1.29 is 9.53 Å². The molecule has 0 aromatic carbocycles. The minimum atomic E-state index is -0.589. The Kier molecular flexibility index (Phi) is 5.39. The number of aromatic nitrogens is 4. The van der Waals surface area contributed by atoms with Crippen LogP contribution in [0.5, 0.6) is 0 Å². The van der Waals surface area contributed by atoms with E-state index in [4.69, 9.17) is 16.3 Å². The fourth-order valence-corrected chi connectivity index (χ4v) is 4.20. The van der Waals surface area contributed by atoms with Crippen LogP contribution in [0, 0.1) is 26.7 Å². The number of nitrogens with zero attached hydrogens (tertiary/aromatic N) is 3. The predicted molar refractivity (Wildman–Crippen MR) is 106 cm³/mol. The average Bonchev–Trinajstić information content (AvgIpc) is 3.01. The van der Waals surface area contributed by atoms with Gasteiger partial charge in [0.1, 0.15) is 28.0 Å². The Morgan fingerprint density at radius 1 is 1.33 bits per heavy atom. The first kappa shape index (κ1) is 19.6. The van der Waals surface area contributed by atoms with Gasteiger partial charge in [0.25, 0.3) is 5.56 Å². The van der Waals surface area contributed by atoms with Crippen LogP contribution in [0.15, 0.2) is 4.79 Å². The summed E-state index contributed by atoms with van der Waals surface area (Å²) in [4.78, 5) is 33.5. The minimum Gasteiger partial charge on any atom is -0.454 e. The number of aromatic amines is 1. The molecular weight excluding hydrogens is 388 g/mol. The molecule has 3 heterocycles. The molecule has 0 saturated carbocycles. The van der Waals surface area contributed by atoms with E-state index < -0.39 is 5.97 Å². The quantitative estimate of drug-likeness (QED) is 0.649. The normalized spacial score (nSPS) is 11.5. The molecule has 9 heteroatoms. The summed E-state index contributed by atoms with van der Waals surface area (Å²) in [5.41, 5.74) is 1.44. The lowest BCUT2D eigenvalue weighted by Gasteiger charge is -2.07. The van der Waals surface area contributed by atoms with E-state index in [1.54, 1.807) is 11.6 Å². The molecule has 0 bridgehead atoms. The van der Waals surface area contributed by atoms with Gasteiger partial charge >= 0.3 is 5.97 Å². The van der Waals surface area contributed by atoms with Crippen LogP contribution >= 0.6 is 22.9 Å². The van der Waals surface area contributed by atoms with E-state index in [1.807, 2.05) is 27.7 Å². The topological polar surface area (TPSA) is 89.9 Å². The number of thiophene rings is 1. The van der Waals surface area contributed by atoms with Crippen LogP contribution in [0.2, 0.25) is 5.15 Å². The van der Waals surface area contributed by atoms with E-state index >= 15 is 0 Å². The van der Waals surface area contributed by atoms with Crippen LogP contribution < -0.4 is 5.56 Å². The van der Waals surface area contributed by atoms with E-state index in [1.165, 1.54) is 11.3 Å². The highest BCUT2D eigenvalue weighted by Crippen LogP contribution is 2.26. The Bertz CT molecular complexity index is 1080. The number of halogens is 1. The maximum atomic E-state index is 12.5. The van der Waals surface area contributed by atoms with Crippen LogP contribution in [0.25, 0.3) is 10.2 Å². The molecule has 27 heavy (non-hydrogen) atoms. The number of hydrogen-bond donors (Lipinski definition) is 1. The Morgan fingerprint density at radius 3 is 2.70 bits per heavy atom. The number of H-pyrrole nitrogens is 1. The van der Waals surface area contributed by atoms with Gasteiger partial charge in [-0.2, -0.15) is 5.10 Å². The maximum Gasteiger partial charge on any atom is 0.343 e. The second kappa shape index (κ2) is 7.44. The first-order chi connectivity index (χ1) is 12.7. The van der Waals surface area contributed by atoms with E-state index in [0.717, 1.165) is 10.4 Å². The third-order valence-corrected chi connectivity index (χ3v) is 5.72. The molecule has 0 atom stereocenters. The summed E-state index contributed by atoms with van der Waals surface area (Å²) in [6.45, 7) is 10.1. The number of rotatable bonds is 5. The number of carbonyl (C=O) groups is 1. The summed E-state index contributed by atoms with van der Waals surface area (Å²) in [6, 6.07) is 0. The molecule has 3 aromatic heterocycles. The summed E-state index contributed by atoms with van der Waals surface area (Å²) >= 11 is 7.75. The number of esters is 1. The number of ether oxygens (including phenoxy) is 1. The standard InChI is InChI=1S/C18H21ClN4O3S/c1-8(2)6-23-15(19)14(10(4)22-23)18(25)26-7-12-20-16(24)13-9(3)11(5)27-17(13)21-12/h8H,6-7H2,1-5H3,(H,20,21,24). The molecule has 0 fully saturated rings. The third kappa shape index (κ3) is 3.77. The molecule has 0 aliphatic rings. The third-order valence-electron chi connectivity index (χ3n) is 4.24. The average molecular weight is 409 g/mol. The second-order valence-corrected chi connectivity index (χ2v) is 8.44. The first-order valence-electron chi connectivity index (χ1n) is 8.58. The number of aryl methyl sites for hydroxylation is 3. The van der Waals surface area contributed by atoms with Crippen molar-refractivity contribution in [3.8, 4) is 0 Å². The highest BCUT2D eigenvalue weighted by molar-refractivity contribution is 7.18. The van der Waals surface area contributed by atoms with E-state index in [-0.39, 0.29) is 22.9 Å². The molecule has 0 unspecified atom stereocenters. The van der Waals surface area contributed by atoms with Crippen molar-refractivity contribution in [2.24, 2.45) is 5.92 Å². The first-order valence-corrected chi connectivity index (χ1v) is 9.77. The van der Waals surface area contributed by atoms with Gasteiger partial charge in [-0.15, -0.1) is 11.3 Å². The monoisotopic (exact) mass is 408 g/mol. The van der Waals surface area contributed by atoms with Crippen molar-refractivity contribution in [3.63, 3.8) is 0 Å². The smallest absolute Gasteiger partial charge is 0.343 e. The van der Waals surface area contributed by atoms with Crippen molar-refractivity contribution in [2.45, 2.75) is 47.8 Å². The fraction of sp³-hybridized carbons (Fsp3) is 0.444. The molecule has 144 valence electrons. The van der Waals surface area contributed by atoms with Gasteiger partial charge in [-0.05, 0) is 32.3 Å². The minimum absolute atomic E-state index is 0.148. The number of hydrogen-bond acceptors (Lipinski definition) is 6.